The third kappa shape index (κ3) is 3.13. The normalized spacial score (nSPS) is 24.2. The fourth-order valence-electron chi connectivity index (χ4n) is 2.69. The van der Waals surface area contributed by atoms with Gasteiger partial charge in [-0.05, 0) is 37.5 Å². The molecule has 4 heteroatoms. The maximum Gasteiger partial charge on any atom is 0.219 e. The Morgan fingerprint density at radius 2 is 2.21 bits per heavy atom. The van der Waals surface area contributed by atoms with E-state index in [1.807, 2.05) is 20.0 Å². The molecule has 1 aliphatic heterocycles. The third-order valence-corrected chi connectivity index (χ3v) is 4.12. The van der Waals surface area contributed by atoms with Gasteiger partial charge in [-0.25, -0.2) is 4.39 Å². The van der Waals surface area contributed by atoms with Crippen molar-refractivity contribution in [2.24, 2.45) is 0 Å². The fourth-order valence-corrected chi connectivity index (χ4v) is 2.69. The lowest BCUT2D eigenvalue weighted by atomic mass is 10.0. The summed E-state index contributed by atoms with van der Waals surface area (Å²) in [4.78, 5) is 13.1. The number of nitrogens with one attached hydrogen (secondary N) is 1. The van der Waals surface area contributed by atoms with E-state index >= 15 is 0 Å². The summed E-state index contributed by atoms with van der Waals surface area (Å²) >= 11 is 0. The first-order valence-electron chi connectivity index (χ1n) is 6.74. The molecular weight excluding hydrogens is 243 g/mol. The van der Waals surface area contributed by atoms with E-state index in [0.29, 0.717) is 0 Å². The van der Waals surface area contributed by atoms with Crippen molar-refractivity contribution in [2.45, 2.75) is 44.8 Å². The summed E-state index contributed by atoms with van der Waals surface area (Å²) in [5.74, 6) is -0.125. The molecule has 0 radical (unpaired) electrons. The highest BCUT2D eigenvalue weighted by atomic mass is 19.1. The van der Waals surface area contributed by atoms with Crippen LogP contribution in [0.25, 0.3) is 0 Å². The van der Waals surface area contributed by atoms with E-state index in [4.69, 9.17) is 0 Å². The minimum atomic E-state index is -0.198. The first-order valence-corrected chi connectivity index (χ1v) is 6.74. The summed E-state index contributed by atoms with van der Waals surface area (Å²) in [6.45, 7) is 3.63. The van der Waals surface area contributed by atoms with E-state index in [2.05, 4.69) is 5.32 Å². The summed E-state index contributed by atoms with van der Waals surface area (Å²) in [6.07, 6.45) is 1.98. The summed E-state index contributed by atoms with van der Waals surface area (Å²) in [5, 5.41) is 3.51. The number of halogens is 1. The zero-order valence-corrected chi connectivity index (χ0v) is 11.7. The van der Waals surface area contributed by atoms with Crippen LogP contribution in [-0.4, -0.2) is 29.9 Å². The van der Waals surface area contributed by atoms with Crippen molar-refractivity contribution in [3.05, 3.63) is 35.6 Å². The highest BCUT2D eigenvalue weighted by Crippen LogP contribution is 2.29. The maximum atomic E-state index is 13.2. The molecule has 104 valence electrons. The molecule has 1 fully saturated rings. The van der Waals surface area contributed by atoms with Crippen LogP contribution in [0.5, 0.6) is 0 Å². The Bertz CT molecular complexity index is 463. The van der Waals surface area contributed by atoms with Crippen LogP contribution in [0.2, 0.25) is 0 Å². The standard InChI is InChI=1S/C15H21FN2O/c1-10(18(3)11(2)19)14-7-8-15(17-14)12-5-4-6-13(16)9-12/h4-6,9-10,14-15,17H,7-8H2,1-3H3/t10?,14-,15+/m1/s1. The molecule has 0 bridgehead atoms. The predicted octanol–water partition coefficient (Wildman–Crippen LogP) is 2.49. The van der Waals surface area contributed by atoms with Crippen molar-refractivity contribution in [2.75, 3.05) is 7.05 Å². The number of amides is 1. The lowest BCUT2D eigenvalue weighted by molar-refractivity contribution is -0.129. The molecule has 19 heavy (non-hydrogen) atoms. The van der Waals surface area contributed by atoms with Crippen molar-refractivity contribution in [3.8, 4) is 0 Å². The van der Waals surface area contributed by atoms with Gasteiger partial charge in [0.2, 0.25) is 5.91 Å². The Labute approximate surface area is 113 Å². The summed E-state index contributed by atoms with van der Waals surface area (Å²) in [5.41, 5.74) is 0.986. The van der Waals surface area contributed by atoms with Gasteiger partial charge in [0, 0.05) is 32.1 Å². The van der Waals surface area contributed by atoms with Gasteiger partial charge in [0.05, 0.1) is 0 Å². The SMILES string of the molecule is CC(=O)N(C)C(C)[C@H]1CC[C@@H](c2cccc(F)c2)N1. The molecule has 1 heterocycles. The van der Waals surface area contributed by atoms with E-state index in [0.717, 1.165) is 18.4 Å². The third-order valence-electron chi connectivity index (χ3n) is 4.12. The second-order valence-corrected chi connectivity index (χ2v) is 5.33. The first kappa shape index (κ1) is 14.0. The molecule has 0 aromatic heterocycles. The van der Waals surface area contributed by atoms with Crippen LogP contribution in [0, 0.1) is 5.82 Å². The van der Waals surface area contributed by atoms with Crippen LogP contribution in [0.1, 0.15) is 38.3 Å². The smallest absolute Gasteiger partial charge is 0.219 e. The Hall–Kier alpha value is -1.42. The van der Waals surface area contributed by atoms with Crippen LogP contribution >= 0.6 is 0 Å². The second-order valence-electron chi connectivity index (χ2n) is 5.33. The number of likely N-dealkylation sites (N-methyl/N-ethyl adjacent to an activating group) is 1. The second kappa shape index (κ2) is 5.70. The minimum Gasteiger partial charge on any atom is -0.342 e. The average Bonchev–Trinajstić information content (AvgIpc) is 2.86. The lowest BCUT2D eigenvalue weighted by Crippen LogP contribution is -2.46. The Balaban J connectivity index is 2.02. The molecule has 1 amide bonds. The molecule has 0 saturated carbocycles. The minimum absolute atomic E-state index is 0.0727. The molecule has 1 aromatic carbocycles. The largest absolute Gasteiger partial charge is 0.342 e. The van der Waals surface area contributed by atoms with Gasteiger partial charge in [0.1, 0.15) is 5.82 Å². The van der Waals surface area contributed by atoms with Gasteiger partial charge in [0.15, 0.2) is 0 Å². The Morgan fingerprint density at radius 1 is 1.47 bits per heavy atom. The molecular formula is C15H21FN2O. The molecule has 0 aliphatic carbocycles. The zero-order valence-electron chi connectivity index (χ0n) is 11.7. The number of hydrogen-bond acceptors (Lipinski definition) is 2. The summed E-state index contributed by atoms with van der Waals surface area (Å²) < 4.78 is 13.2. The number of carbonyl (C=O) groups excluding carboxylic acids is 1. The van der Waals surface area contributed by atoms with Crippen LogP contribution in [0.4, 0.5) is 4.39 Å². The van der Waals surface area contributed by atoms with Crippen molar-refractivity contribution in [3.63, 3.8) is 0 Å². The van der Waals surface area contributed by atoms with Crippen LogP contribution in [-0.2, 0) is 4.79 Å². The lowest BCUT2D eigenvalue weighted by Gasteiger charge is -2.29. The topological polar surface area (TPSA) is 32.3 Å². The zero-order chi connectivity index (χ0) is 14.0. The van der Waals surface area contributed by atoms with E-state index in [1.54, 1.807) is 24.0 Å². The predicted molar refractivity (Wildman–Crippen MR) is 73.2 cm³/mol. The number of carbonyl (C=O) groups is 1. The summed E-state index contributed by atoms with van der Waals surface area (Å²) in [6, 6.07) is 7.33. The molecule has 1 aliphatic rings. The highest BCUT2D eigenvalue weighted by molar-refractivity contribution is 5.73. The van der Waals surface area contributed by atoms with Gasteiger partial charge in [-0.15, -0.1) is 0 Å². The van der Waals surface area contributed by atoms with Crippen molar-refractivity contribution < 1.29 is 9.18 Å². The molecule has 1 saturated heterocycles. The number of hydrogen-bond donors (Lipinski definition) is 1. The maximum absolute atomic E-state index is 13.2. The monoisotopic (exact) mass is 264 g/mol. The molecule has 0 spiro atoms. The van der Waals surface area contributed by atoms with Crippen LogP contribution in [0.15, 0.2) is 24.3 Å². The van der Waals surface area contributed by atoms with E-state index in [9.17, 15) is 9.18 Å². The highest BCUT2D eigenvalue weighted by Gasteiger charge is 2.31. The van der Waals surface area contributed by atoms with E-state index < -0.39 is 0 Å². The molecule has 3 nitrogen and oxygen atoms in total. The van der Waals surface area contributed by atoms with Crippen molar-refractivity contribution >= 4 is 5.91 Å². The number of benzene rings is 1. The van der Waals surface area contributed by atoms with Crippen molar-refractivity contribution in [1.82, 2.24) is 10.2 Å². The Kier molecular flexibility index (Phi) is 4.20. The molecule has 1 aromatic rings. The number of rotatable bonds is 3. The molecule has 1 N–H and O–H groups in total. The first-order chi connectivity index (χ1) is 8.99. The van der Waals surface area contributed by atoms with Crippen molar-refractivity contribution in [1.29, 1.82) is 0 Å². The molecule has 1 unspecified atom stereocenters. The van der Waals surface area contributed by atoms with Gasteiger partial charge >= 0.3 is 0 Å². The summed E-state index contributed by atoms with van der Waals surface area (Å²) in [7, 11) is 1.82. The number of nitrogens with zero attached hydrogens (tertiary/aromatic N) is 1. The fraction of sp³-hybridized carbons (Fsp3) is 0.533. The average molecular weight is 264 g/mol. The van der Waals surface area contributed by atoms with Gasteiger partial charge < -0.3 is 10.2 Å². The van der Waals surface area contributed by atoms with Crippen LogP contribution in [0.3, 0.4) is 0 Å². The molecule has 3 atom stereocenters. The van der Waals surface area contributed by atoms with E-state index in [-0.39, 0.29) is 29.8 Å². The quantitative estimate of drug-likeness (QED) is 0.909. The van der Waals surface area contributed by atoms with E-state index in [1.165, 1.54) is 6.07 Å². The van der Waals surface area contributed by atoms with Gasteiger partial charge in [-0.1, -0.05) is 12.1 Å². The Morgan fingerprint density at radius 3 is 2.84 bits per heavy atom. The van der Waals surface area contributed by atoms with Gasteiger partial charge in [-0.3, -0.25) is 4.79 Å². The van der Waals surface area contributed by atoms with Gasteiger partial charge in [0.25, 0.3) is 0 Å². The van der Waals surface area contributed by atoms with Gasteiger partial charge in [-0.2, -0.15) is 0 Å². The molecule has 2 rings (SSSR count). The van der Waals surface area contributed by atoms with Crippen LogP contribution < -0.4 is 5.32 Å².